The van der Waals surface area contributed by atoms with Crippen LogP contribution in [0.25, 0.3) is 0 Å². The molecule has 1 aliphatic rings. The van der Waals surface area contributed by atoms with Crippen molar-refractivity contribution in [3.63, 3.8) is 0 Å². The third-order valence-electron chi connectivity index (χ3n) is 2.39. The van der Waals surface area contributed by atoms with Crippen molar-refractivity contribution >= 4 is 43.2 Å². The highest BCUT2D eigenvalue weighted by Crippen LogP contribution is 2.07. The van der Waals surface area contributed by atoms with Gasteiger partial charge in [-0.3, -0.25) is 0 Å². The van der Waals surface area contributed by atoms with Gasteiger partial charge in [-0.05, 0) is 23.5 Å². The van der Waals surface area contributed by atoms with Gasteiger partial charge in [0, 0.05) is 0 Å². The Hall–Kier alpha value is -0.169. The van der Waals surface area contributed by atoms with E-state index in [1.165, 1.54) is 15.6 Å². The van der Waals surface area contributed by atoms with E-state index in [2.05, 4.69) is 37.8 Å². The lowest BCUT2D eigenvalue weighted by molar-refractivity contribution is 0.625. The van der Waals surface area contributed by atoms with E-state index < -0.39 is 8.32 Å². The molecule has 0 aromatic heterocycles. The summed E-state index contributed by atoms with van der Waals surface area (Å²) < 4.78 is 5.92. The lowest BCUT2D eigenvalue weighted by Crippen LogP contribution is -2.48. The first kappa shape index (κ1) is 9.39. The summed E-state index contributed by atoms with van der Waals surface area (Å²) in [5.74, 6) is 0. The minimum atomic E-state index is -1.49. The summed E-state index contributed by atoms with van der Waals surface area (Å²) in [6.07, 6.45) is 0. The van der Waals surface area contributed by atoms with Crippen LogP contribution in [0.1, 0.15) is 0 Å². The average molecular weight is 220 g/mol. The third kappa shape index (κ3) is 1.48. The van der Waals surface area contributed by atoms with Gasteiger partial charge in [0.1, 0.15) is 0 Å². The molecule has 0 aliphatic carbocycles. The summed E-state index contributed by atoms with van der Waals surface area (Å²) in [5, 5.41) is 4.55. The van der Waals surface area contributed by atoms with Crippen LogP contribution in [-0.2, 0) is 4.12 Å². The van der Waals surface area contributed by atoms with Gasteiger partial charge in [-0.1, -0.05) is 29.9 Å². The lowest BCUT2D eigenvalue weighted by Gasteiger charge is -2.15. The molecule has 0 spiro atoms. The number of hydrogen-bond acceptors (Lipinski definition) is 1. The zero-order valence-corrected chi connectivity index (χ0v) is 11.1. The minimum absolute atomic E-state index is 0.605. The zero-order chi connectivity index (χ0) is 9.47. The highest BCUT2D eigenvalue weighted by atomic mass is 28.4. The highest BCUT2D eigenvalue weighted by molar-refractivity contribution is 6.96. The van der Waals surface area contributed by atoms with Crippen molar-refractivity contribution in [2.45, 2.75) is 19.6 Å². The normalized spacial score (nSPS) is 18.7. The maximum atomic E-state index is 5.92. The van der Waals surface area contributed by atoms with Crippen LogP contribution in [-0.4, -0.2) is 27.6 Å². The number of fused-ring (bicyclic) bond motifs is 1. The minimum Gasteiger partial charge on any atom is -0.449 e. The Labute approximate surface area is 85.4 Å². The van der Waals surface area contributed by atoms with Gasteiger partial charge in [-0.2, -0.15) is 0 Å². The molecule has 0 bridgehead atoms. The maximum absolute atomic E-state index is 5.92. The second kappa shape index (κ2) is 3.20. The van der Waals surface area contributed by atoms with E-state index in [-0.39, 0.29) is 0 Å². The molecule has 1 aromatic rings. The van der Waals surface area contributed by atoms with Gasteiger partial charge in [0.05, 0.1) is 9.52 Å². The van der Waals surface area contributed by atoms with Gasteiger partial charge in [0.25, 0.3) is 9.76 Å². The Morgan fingerprint density at radius 2 is 2.15 bits per heavy atom. The first-order valence-electron chi connectivity index (χ1n) is 4.40. The van der Waals surface area contributed by atoms with Crippen molar-refractivity contribution in [1.29, 1.82) is 0 Å². The molecule has 4 radical (unpaired) electrons. The molecule has 0 amide bonds. The molecule has 13 heavy (non-hydrogen) atoms. The zero-order valence-electron chi connectivity index (χ0n) is 8.14. The molecule has 0 unspecified atom stereocenters. The second-order valence-electron chi connectivity index (χ2n) is 3.69. The van der Waals surface area contributed by atoms with Gasteiger partial charge >= 0.3 is 0 Å². The van der Waals surface area contributed by atoms with Crippen LogP contribution in [0.15, 0.2) is 18.2 Å². The van der Waals surface area contributed by atoms with Crippen molar-refractivity contribution in [2.75, 3.05) is 0 Å². The van der Waals surface area contributed by atoms with Crippen molar-refractivity contribution in [2.24, 2.45) is 0 Å². The Kier molecular flexibility index (Phi) is 2.31. The molecule has 1 nitrogen and oxygen atoms in total. The molecule has 1 aliphatic heterocycles. The van der Waals surface area contributed by atoms with Crippen molar-refractivity contribution < 1.29 is 4.12 Å². The Balaban J connectivity index is 2.56. The smallest absolute Gasteiger partial charge is 0.256 e. The number of hydrogen-bond donors (Lipinski definition) is 0. The van der Waals surface area contributed by atoms with Crippen LogP contribution in [0.3, 0.4) is 0 Å². The average Bonchev–Trinajstić information content (AvgIpc) is 2.43. The van der Waals surface area contributed by atoms with E-state index in [0.717, 1.165) is 9.52 Å². The van der Waals surface area contributed by atoms with E-state index in [1.807, 2.05) is 0 Å². The molecule has 66 valence electrons. The van der Waals surface area contributed by atoms with Crippen LogP contribution >= 0.6 is 0 Å². The molecule has 0 saturated carbocycles. The van der Waals surface area contributed by atoms with Crippen LogP contribution in [0.5, 0.6) is 0 Å². The monoisotopic (exact) mass is 220 g/mol. The molecular weight excluding hydrogens is 208 g/mol. The maximum Gasteiger partial charge on any atom is 0.256 e. The van der Waals surface area contributed by atoms with E-state index in [4.69, 9.17) is 4.12 Å². The van der Waals surface area contributed by atoms with E-state index in [9.17, 15) is 0 Å². The van der Waals surface area contributed by atoms with Crippen LogP contribution in [0, 0.1) is 0 Å². The molecular formula is C9H12OSi3. The number of benzene rings is 1. The van der Waals surface area contributed by atoms with Crippen LogP contribution in [0.2, 0.25) is 19.6 Å². The summed E-state index contributed by atoms with van der Waals surface area (Å²) in [7, 11) is 0.0111. The fourth-order valence-electron chi connectivity index (χ4n) is 1.61. The fraction of sp³-hybridized carbons (Fsp3) is 0.333. The Bertz CT molecular complexity index is 336. The first-order valence-corrected chi connectivity index (χ1v) is 9.72. The number of rotatable bonds is 1. The predicted molar refractivity (Wildman–Crippen MR) is 61.3 cm³/mol. The van der Waals surface area contributed by atoms with Crippen molar-refractivity contribution in [3.05, 3.63) is 18.2 Å². The second-order valence-corrected chi connectivity index (χ2v) is 9.81. The molecule has 0 saturated heterocycles. The summed E-state index contributed by atoms with van der Waals surface area (Å²) in [6.45, 7) is 6.82. The summed E-state index contributed by atoms with van der Waals surface area (Å²) in [5.41, 5.74) is 0. The predicted octanol–water partition coefficient (Wildman–Crippen LogP) is -0.249. The molecule has 4 heteroatoms. The quantitative estimate of drug-likeness (QED) is 0.593. The Morgan fingerprint density at radius 1 is 1.38 bits per heavy atom. The third-order valence-corrected chi connectivity index (χ3v) is 8.75. The van der Waals surface area contributed by atoms with Crippen LogP contribution < -0.4 is 15.6 Å². The highest BCUT2D eigenvalue weighted by Gasteiger charge is 2.35. The van der Waals surface area contributed by atoms with Crippen LogP contribution in [0.4, 0.5) is 0 Å². The van der Waals surface area contributed by atoms with Gasteiger partial charge < -0.3 is 4.12 Å². The van der Waals surface area contributed by atoms with Gasteiger partial charge in [0.2, 0.25) is 8.32 Å². The molecule has 1 aromatic carbocycles. The molecule has 0 fully saturated rings. The summed E-state index contributed by atoms with van der Waals surface area (Å²) in [6, 6.07) is 6.67. The standard InChI is InChI=1S/C9H12OSi3/c1-11-7-5-4-6-8-9(7)12-10-13(8,2)3/h4-6H,1-3H3. The largest absolute Gasteiger partial charge is 0.449 e. The molecule has 0 N–H and O–H groups in total. The van der Waals surface area contributed by atoms with E-state index >= 15 is 0 Å². The van der Waals surface area contributed by atoms with Crippen molar-refractivity contribution in [1.82, 2.24) is 0 Å². The summed E-state index contributed by atoms with van der Waals surface area (Å²) >= 11 is 0. The molecule has 1 heterocycles. The van der Waals surface area contributed by atoms with Gasteiger partial charge in [-0.15, -0.1) is 0 Å². The fourth-order valence-corrected chi connectivity index (χ4v) is 7.45. The molecule has 2 rings (SSSR count). The van der Waals surface area contributed by atoms with Gasteiger partial charge in [-0.25, -0.2) is 0 Å². The Morgan fingerprint density at radius 3 is 2.85 bits per heavy atom. The summed E-state index contributed by atoms with van der Waals surface area (Å²) in [4.78, 5) is 0. The first-order chi connectivity index (χ1) is 6.15. The lowest BCUT2D eigenvalue weighted by atomic mass is 10.3. The van der Waals surface area contributed by atoms with Gasteiger partial charge in [0.15, 0.2) is 0 Å². The molecule has 0 atom stereocenters. The van der Waals surface area contributed by atoms with E-state index in [0.29, 0.717) is 9.76 Å². The van der Waals surface area contributed by atoms with Crippen molar-refractivity contribution in [3.8, 4) is 0 Å². The van der Waals surface area contributed by atoms with E-state index in [1.54, 1.807) is 0 Å². The topological polar surface area (TPSA) is 9.23 Å². The SMILES string of the molecule is C[Si]c1cccc2c1[Si]O[Si]2(C)C.